The summed E-state index contributed by atoms with van der Waals surface area (Å²) in [6.07, 6.45) is 5.46. The second kappa shape index (κ2) is 4.84. The smallest absolute Gasteiger partial charge is 0.0893 e. The highest BCUT2D eigenvalue weighted by Crippen LogP contribution is 2.23. The molecule has 1 saturated carbocycles. The van der Waals surface area contributed by atoms with Gasteiger partial charge in [-0.1, -0.05) is 24.3 Å². The minimum absolute atomic E-state index is 0.686. The number of rotatable bonds is 3. The van der Waals surface area contributed by atoms with Crippen LogP contribution >= 0.6 is 11.5 Å². The SMILES string of the molecule is CC1CCCCC1NCc1csnn1. The molecule has 2 unspecified atom stereocenters. The first-order valence-electron chi connectivity index (χ1n) is 5.35. The van der Waals surface area contributed by atoms with Crippen molar-refractivity contribution in [2.45, 2.75) is 45.2 Å². The Balaban J connectivity index is 1.79. The highest BCUT2D eigenvalue weighted by Gasteiger charge is 2.20. The molecule has 2 atom stereocenters. The van der Waals surface area contributed by atoms with Crippen molar-refractivity contribution in [1.29, 1.82) is 0 Å². The fourth-order valence-corrected chi connectivity index (χ4v) is 2.57. The molecule has 0 saturated heterocycles. The van der Waals surface area contributed by atoms with Gasteiger partial charge in [-0.25, -0.2) is 0 Å². The predicted octanol–water partition coefficient (Wildman–Crippen LogP) is 2.21. The van der Waals surface area contributed by atoms with Crippen LogP contribution in [0.4, 0.5) is 0 Å². The third-order valence-corrected chi connectivity index (χ3v) is 3.62. The highest BCUT2D eigenvalue weighted by atomic mass is 32.1. The summed E-state index contributed by atoms with van der Waals surface area (Å²) in [6.45, 7) is 3.22. The van der Waals surface area contributed by atoms with Crippen LogP contribution in [-0.2, 0) is 6.54 Å². The first kappa shape index (κ1) is 10.1. The Kier molecular flexibility index (Phi) is 3.48. The van der Waals surface area contributed by atoms with Crippen LogP contribution in [0, 0.1) is 5.92 Å². The average Bonchev–Trinajstić information content (AvgIpc) is 2.69. The first-order chi connectivity index (χ1) is 6.86. The van der Waals surface area contributed by atoms with E-state index in [1.54, 1.807) is 0 Å². The van der Waals surface area contributed by atoms with Crippen molar-refractivity contribution in [1.82, 2.24) is 14.9 Å². The fourth-order valence-electron chi connectivity index (χ4n) is 2.12. The van der Waals surface area contributed by atoms with E-state index in [2.05, 4.69) is 21.8 Å². The standard InChI is InChI=1S/C10H17N3S/c1-8-4-2-3-5-10(8)11-6-9-7-14-13-12-9/h7-8,10-11H,2-6H2,1H3. The van der Waals surface area contributed by atoms with E-state index in [1.807, 2.05) is 5.38 Å². The Bertz CT molecular complexity index is 260. The van der Waals surface area contributed by atoms with Gasteiger partial charge in [0.05, 0.1) is 5.69 Å². The molecule has 2 rings (SSSR count). The minimum Gasteiger partial charge on any atom is -0.308 e. The van der Waals surface area contributed by atoms with E-state index in [-0.39, 0.29) is 0 Å². The third kappa shape index (κ3) is 2.51. The lowest BCUT2D eigenvalue weighted by molar-refractivity contribution is 0.278. The van der Waals surface area contributed by atoms with E-state index in [9.17, 15) is 0 Å². The lowest BCUT2D eigenvalue weighted by Gasteiger charge is -2.29. The Morgan fingerprint density at radius 3 is 3.07 bits per heavy atom. The molecular weight excluding hydrogens is 194 g/mol. The second-order valence-electron chi connectivity index (χ2n) is 4.15. The molecule has 1 aromatic heterocycles. The molecule has 1 aromatic rings. The second-order valence-corrected chi connectivity index (χ2v) is 4.76. The molecule has 0 amide bonds. The van der Waals surface area contributed by atoms with Crippen LogP contribution in [0.1, 0.15) is 38.3 Å². The lowest BCUT2D eigenvalue weighted by Crippen LogP contribution is -2.36. The topological polar surface area (TPSA) is 37.8 Å². The fraction of sp³-hybridized carbons (Fsp3) is 0.800. The van der Waals surface area contributed by atoms with Crippen LogP contribution in [0.15, 0.2) is 5.38 Å². The molecule has 0 spiro atoms. The minimum atomic E-state index is 0.686. The van der Waals surface area contributed by atoms with Crippen LogP contribution in [-0.4, -0.2) is 15.6 Å². The molecule has 0 aromatic carbocycles. The maximum absolute atomic E-state index is 4.03. The number of hydrogen-bond acceptors (Lipinski definition) is 4. The number of nitrogens with zero attached hydrogens (tertiary/aromatic N) is 2. The molecule has 0 aliphatic heterocycles. The monoisotopic (exact) mass is 211 g/mol. The molecule has 0 bridgehead atoms. The van der Waals surface area contributed by atoms with Crippen molar-refractivity contribution in [2.24, 2.45) is 5.92 Å². The van der Waals surface area contributed by atoms with Crippen LogP contribution in [0.5, 0.6) is 0 Å². The molecule has 4 heteroatoms. The van der Waals surface area contributed by atoms with E-state index < -0.39 is 0 Å². The van der Waals surface area contributed by atoms with Gasteiger partial charge in [0.1, 0.15) is 0 Å². The van der Waals surface area contributed by atoms with Gasteiger partial charge in [0.2, 0.25) is 0 Å². The van der Waals surface area contributed by atoms with E-state index >= 15 is 0 Å². The van der Waals surface area contributed by atoms with Gasteiger partial charge in [0.25, 0.3) is 0 Å². The van der Waals surface area contributed by atoms with E-state index in [0.717, 1.165) is 18.2 Å². The van der Waals surface area contributed by atoms with E-state index in [4.69, 9.17) is 0 Å². The summed E-state index contributed by atoms with van der Waals surface area (Å²) in [6, 6.07) is 0.686. The Morgan fingerprint density at radius 1 is 1.50 bits per heavy atom. The molecule has 1 N–H and O–H groups in total. The van der Waals surface area contributed by atoms with Crippen molar-refractivity contribution in [2.75, 3.05) is 0 Å². The van der Waals surface area contributed by atoms with Crippen LogP contribution in [0.3, 0.4) is 0 Å². The summed E-state index contributed by atoms with van der Waals surface area (Å²) in [5.74, 6) is 0.815. The average molecular weight is 211 g/mol. The van der Waals surface area contributed by atoms with Crippen molar-refractivity contribution >= 4 is 11.5 Å². The van der Waals surface area contributed by atoms with E-state index in [0.29, 0.717) is 6.04 Å². The first-order valence-corrected chi connectivity index (χ1v) is 6.19. The van der Waals surface area contributed by atoms with Crippen molar-refractivity contribution in [3.05, 3.63) is 11.1 Å². The van der Waals surface area contributed by atoms with Gasteiger partial charge >= 0.3 is 0 Å². The van der Waals surface area contributed by atoms with Gasteiger partial charge in [-0.3, -0.25) is 0 Å². The molecule has 3 nitrogen and oxygen atoms in total. The van der Waals surface area contributed by atoms with Gasteiger partial charge in [-0.2, -0.15) is 0 Å². The highest BCUT2D eigenvalue weighted by molar-refractivity contribution is 7.03. The van der Waals surface area contributed by atoms with Gasteiger partial charge in [-0.05, 0) is 30.3 Å². The third-order valence-electron chi connectivity index (χ3n) is 3.06. The number of aromatic nitrogens is 2. The summed E-state index contributed by atoms with van der Waals surface area (Å²) >= 11 is 1.43. The Labute approximate surface area is 89.1 Å². The Morgan fingerprint density at radius 2 is 2.36 bits per heavy atom. The largest absolute Gasteiger partial charge is 0.308 e. The van der Waals surface area contributed by atoms with Crippen molar-refractivity contribution in [3.63, 3.8) is 0 Å². The molecule has 1 aliphatic carbocycles. The van der Waals surface area contributed by atoms with Gasteiger partial charge < -0.3 is 5.32 Å². The molecule has 0 radical (unpaired) electrons. The molecule has 78 valence electrons. The van der Waals surface area contributed by atoms with Crippen LogP contribution in [0.25, 0.3) is 0 Å². The van der Waals surface area contributed by atoms with Gasteiger partial charge in [0.15, 0.2) is 0 Å². The number of hydrogen-bond donors (Lipinski definition) is 1. The zero-order valence-corrected chi connectivity index (χ0v) is 9.39. The summed E-state index contributed by atoms with van der Waals surface area (Å²) in [4.78, 5) is 0. The lowest BCUT2D eigenvalue weighted by atomic mass is 9.86. The van der Waals surface area contributed by atoms with Crippen LogP contribution < -0.4 is 5.32 Å². The molecule has 1 heterocycles. The van der Waals surface area contributed by atoms with Crippen LogP contribution in [0.2, 0.25) is 0 Å². The molecule has 1 aliphatic rings. The Hall–Kier alpha value is -0.480. The number of nitrogens with one attached hydrogen (secondary N) is 1. The summed E-state index contributed by atoms with van der Waals surface area (Å²) in [5, 5.41) is 9.62. The quantitative estimate of drug-likeness (QED) is 0.833. The molecular formula is C10H17N3S. The van der Waals surface area contributed by atoms with Gasteiger partial charge in [0, 0.05) is 18.0 Å². The maximum Gasteiger partial charge on any atom is 0.0893 e. The van der Waals surface area contributed by atoms with E-state index in [1.165, 1.54) is 37.2 Å². The summed E-state index contributed by atoms with van der Waals surface area (Å²) < 4.78 is 3.86. The predicted molar refractivity (Wildman–Crippen MR) is 58.2 cm³/mol. The summed E-state index contributed by atoms with van der Waals surface area (Å²) in [7, 11) is 0. The van der Waals surface area contributed by atoms with Gasteiger partial charge in [-0.15, -0.1) is 5.10 Å². The molecule has 14 heavy (non-hydrogen) atoms. The summed E-state index contributed by atoms with van der Waals surface area (Å²) in [5.41, 5.74) is 1.08. The van der Waals surface area contributed by atoms with Crippen molar-refractivity contribution < 1.29 is 0 Å². The van der Waals surface area contributed by atoms with Crippen molar-refractivity contribution in [3.8, 4) is 0 Å². The zero-order valence-electron chi connectivity index (χ0n) is 8.57. The zero-order chi connectivity index (χ0) is 9.80. The molecule has 1 fully saturated rings. The maximum atomic E-state index is 4.03. The normalized spacial score (nSPS) is 27.8.